The van der Waals surface area contributed by atoms with Crippen molar-refractivity contribution in [3.63, 3.8) is 0 Å². The van der Waals surface area contributed by atoms with Gasteiger partial charge in [-0.1, -0.05) is 18.1 Å². The summed E-state index contributed by atoms with van der Waals surface area (Å²) in [6.07, 6.45) is 4.31. The molecular weight excluding hydrogens is 479 g/mol. The van der Waals surface area contributed by atoms with Gasteiger partial charge in [-0.2, -0.15) is 14.7 Å². The smallest absolute Gasteiger partial charge is 0.243 e. The summed E-state index contributed by atoms with van der Waals surface area (Å²) in [5.41, 5.74) is 5.97. The lowest BCUT2D eigenvalue weighted by Crippen LogP contribution is -2.38. The summed E-state index contributed by atoms with van der Waals surface area (Å²) in [4.78, 5) is 0.113. The number of aliphatic hydroxyl groups excluding tert-OH is 1. The Morgan fingerprint density at radius 2 is 1.92 bits per heavy atom. The van der Waals surface area contributed by atoms with Gasteiger partial charge in [-0.15, -0.1) is 0 Å². The van der Waals surface area contributed by atoms with Gasteiger partial charge < -0.3 is 5.11 Å². The number of nitriles is 1. The van der Waals surface area contributed by atoms with E-state index in [1.54, 1.807) is 12.1 Å². The Kier molecular flexibility index (Phi) is 6.51. The first-order valence-corrected chi connectivity index (χ1v) is 13.4. The van der Waals surface area contributed by atoms with Gasteiger partial charge in [0.2, 0.25) is 10.0 Å². The fourth-order valence-corrected chi connectivity index (χ4v) is 7.07. The molecule has 36 heavy (non-hydrogen) atoms. The van der Waals surface area contributed by atoms with E-state index in [0.717, 1.165) is 36.2 Å². The summed E-state index contributed by atoms with van der Waals surface area (Å²) in [5.74, 6) is -0.170. The minimum absolute atomic E-state index is 0.00355. The zero-order chi connectivity index (χ0) is 25.4. The average molecular weight is 507 g/mol. The van der Waals surface area contributed by atoms with Crippen LogP contribution in [0.4, 0.5) is 4.39 Å². The summed E-state index contributed by atoms with van der Waals surface area (Å²) >= 11 is 0. The van der Waals surface area contributed by atoms with Gasteiger partial charge in [0, 0.05) is 31.0 Å². The number of fused-ring (bicyclic) bond motifs is 1. The van der Waals surface area contributed by atoms with Crippen LogP contribution >= 0.6 is 0 Å². The molecule has 1 heterocycles. The SMILES string of the molecule is C[C@@H]1C2=C(CC[C@@H]2CN(CCO)S(=O)(=O)c2ccc(C#N)cc2)Cc2c1cnn2-c1ccc(F)cc1. The van der Waals surface area contributed by atoms with E-state index in [2.05, 4.69) is 12.0 Å². The van der Waals surface area contributed by atoms with Crippen molar-refractivity contribution in [1.82, 2.24) is 14.1 Å². The third kappa shape index (κ3) is 4.26. The number of sulfonamides is 1. The van der Waals surface area contributed by atoms with Crippen LogP contribution in [0.15, 0.2) is 70.8 Å². The molecule has 2 atom stereocenters. The van der Waals surface area contributed by atoms with Crippen molar-refractivity contribution in [3.05, 3.63) is 88.5 Å². The van der Waals surface area contributed by atoms with Crippen molar-refractivity contribution in [2.75, 3.05) is 19.7 Å². The third-order valence-corrected chi connectivity index (χ3v) is 9.20. The van der Waals surface area contributed by atoms with Crippen LogP contribution in [-0.4, -0.2) is 47.3 Å². The van der Waals surface area contributed by atoms with Gasteiger partial charge in [0.05, 0.1) is 40.7 Å². The largest absolute Gasteiger partial charge is 0.395 e. The molecule has 1 aromatic heterocycles. The molecule has 1 N–H and O–H groups in total. The number of benzene rings is 2. The molecule has 2 aromatic carbocycles. The van der Waals surface area contributed by atoms with Crippen LogP contribution in [0, 0.1) is 23.1 Å². The molecule has 0 fully saturated rings. The number of hydrogen-bond acceptors (Lipinski definition) is 5. The van der Waals surface area contributed by atoms with Crippen LogP contribution in [0.5, 0.6) is 0 Å². The highest BCUT2D eigenvalue weighted by Gasteiger charge is 2.38. The molecule has 0 aliphatic heterocycles. The van der Waals surface area contributed by atoms with Crippen molar-refractivity contribution < 1.29 is 17.9 Å². The predicted molar refractivity (Wildman–Crippen MR) is 132 cm³/mol. The second-order valence-electron chi connectivity index (χ2n) is 9.35. The van der Waals surface area contributed by atoms with Crippen molar-refractivity contribution in [1.29, 1.82) is 5.26 Å². The second-order valence-corrected chi connectivity index (χ2v) is 11.3. The normalized spacial score (nSPS) is 19.3. The van der Waals surface area contributed by atoms with Crippen LogP contribution in [0.25, 0.3) is 5.69 Å². The average Bonchev–Trinajstić information content (AvgIpc) is 3.49. The number of nitrogens with zero attached hydrogens (tertiary/aromatic N) is 4. The molecule has 0 unspecified atom stereocenters. The zero-order valence-electron chi connectivity index (χ0n) is 19.9. The minimum Gasteiger partial charge on any atom is -0.395 e. The van der Waals surface area contributed by atoms with Crippen LogP contribution in [0.2, 0.25) is 0 Å². The van der Waals surface area contributed by atoms with Gasteiger partial charge in [-0.05, 0) is 67.3 Å². The van der Waals surface area contributed by atoms with E-state index in [0.29, 0.717) is 5.56 Å². The Morgan fingerprint density at radius 3 is 2.58 bits per heavy atom. The Hall–Kier alpha value is -3.32. The van der Waals surface area contributed by atoms with E-state index in [-0.39, 0.29) is 42.2 Å². The Morgan fingerprint density at radius 1 is 1.19 bits per heavy atom. The molecule has 2 aliphatic rings. The molecule has 9 heteroatoms. The fraction of sp³-hybridized carbons (Fsp3) is 0.333. The molecule has 186 valence electrons. The molecule has 0 radical (unpaired) electrons. The number of rotatable bonds is 7. The van der Waals surface area contributed by atoms with Crippen molar-refractivity contribution in [3.8, 4) is 11.8 Å². The lowest BCUT2D eigenvalue weighted by atomic mass is 9.80. The van der Waals surface area contributed by atoms with Gasteiger partial charge in [-0.3, -0.25) is 0 Å². The van der Waals surface area contributed by atoms with E-state index in [4.69, 9.17) is 5.26 Å². The van der Waals surface area contributed by atoms with Gasteiger partial charge in [0.1, 0.15) is 5.82 Å². The maximum Gasteiger partial charge on any atom is 0.243 e. The number of halogens is 1. The summed E-state index contributed by atoms with van der Waals surface area (Å²) in [7, 11) is -3.83. The predicted octanol–water partition coefficient (Wildman–Crippen LogP) is 3.93. The van der Waals surface area contributed by atoms with E-state index in [9.17, 15) is 17.9 Å². The maximum atomic E-state index is 13.4. The quantitative estimate of drug-likeness (QED) is 0.490. The molecule has 0 amide bonds. The summed E-state index contributed by atoms with van der Waals surface area (Å²) in [6, 6.07) is 14.2. The van der Waals surface area contributed by atoms with Crippen molar-refractivity contribution in [2.24, 2.45) is 5.92 Å². The van der Waals surface area contributed by atoms with Crippen molar-refractivity contribution in [2.45, 2.75) is 37.0 Å². The molecule has 2 aliphatic carbocycles. The van der Waals surface area contributed by atoms with Crippen LogP contribution in [0.1, 0.15) is 42.5 Å². The highest BCUT2D eigenvalue weighted by atomic mass is 32.2. The Balaban J connectivity index is 1.42. The molecule has 3 aromatic rings. The second kappa shape index (κ2) is 9.62. The highest BCUT2D eigenvalue weighted by Crippen LogP contribution is 2.47. The lowest BCUT2D eigenvalue weighted by Gasteiger charge is -2.30. The Bertz CT molecular complexity index is 1450. The topological polar surface area (TPSA) is 99.2 Å². The molecule has 0 bridgehead atoms. The summed E-state index contributed by atoms with van der Waals surface area (Å²) < 4.78 is 43.5. The number of aliphatic hydroxyl groups is 1. The summed E-state index contributed by atoms with van der Waals surface area (Å²) in [6.45, 7) is 2.14. The van der Waals surface area contributed by atoms with Crippen molar-refractivity contribution >= 4 is 10.0 Å². The van der Waals surface area contributed by atoms with Gasteiger partial charge in [0.15, 0.2) is 0 Å². The van der Waals surface area contributed by atoms with E-state index >= 15 is 0 Å². The van der Waals surface area contributed by atoms with E-state index < -0.39 is 10.0 Å². The standard InChI is InChI=1S/C27H27FN4O3S/c1-18-25-16-30-32(23-8-6-22(28)7-9-23)26(25)14-20-4-5-21(27(18)20)17-31(12-13-33)36(34,35)24-10-2-19(15-29)3-11-24/h2-3,6-11,16,18,21,33H,4-5,12-14,17H2,1H3/t18-,21+/m0/s1. The highest BCUT2D eigenvalue weighted by molar-refractivity contribution is 7.89. The monoisotopic (exact) mass is 506 g/mol. The molecule has 7 nitrogen and oxygen atoms in total. The van der Waals surface area contributed by atoms with Gasteiger partial charge in [-0.25, -0.2) is 17.5 Å². The molecule has 0 saturated heterocycles. The maximum absolute atomic E-state index is 13.4. The van der Waals surface area contributed by atoms with Crippen LogP contribution in [0.3, 0.4) is 0 Å². The first-order chi connectivity index (χ1) is 17.3. The van der Waals surface area contributed by atoms with Gasteiger partial charge >= 0.3 is 0 Å². The first-order valence-electron chi connectivity index (χ1n) is 12.0. The van der Waals surface area contributed by atoms with Gasteiger partial charge in [0.25, 0.3) is 0 Å². The lowest BCUT2D eigenvalue weighted by molar-refractivity contribution is 0.243. The fourth-order valence-electron chi connectivity index (χ4n) is 5.59. The van der Waals surface area contributed by atoms with Crippen LogP contribution < -0.4 is 0 Å². The van der Waals surface area contributed by atoms with E-state index in [1.807, 2.05) is 16.9 Å². The van der Waals surface area contributed by atoms with Crippen LogP contribution in [-0.2, 0) is 16.4 Å². The molecular formula is C27H27FN4O3S. The number of hydrogen-bond donors (Lipinski definition) is 1. The third-order valence-electron chi connectivity index (χ3n) is 7.32. The minimum atomic E-state index is -3.83. The molecule has 5 rings (SSSR count). The molecule has 0 saturated carbocycles. The zero-order valence-corrected chi connectivity index (χ0v) is 20.7. The summed E-state index contributed by atoms with van der Waals surface area (Å²) in [5, 5.41) is 23.3. The Labute approximate surface area is 210 Å². The van der Waals surface area contributed by atoms with E-state index in [1.165, 1.54) is 51.8 Å². The molecule has 0 spiro atoms. The number of aromatic nitrogens is 2. The first kappa shape index (κ1) is 24.4. The number of allylic oxidation sites excluding steroid dienone is 1.